The van der Waals surface area contributed by atoms with Gasteiger partial charge in [0, 0.05) is 38.3 Å². The van der Waals surface area contributed by atoms with E-state index in [0.29, 0.717) is 50.1 Å². The maximum atomic E-state index is 12.5. The van der Waals surface area contributed by atoms with Gasteiger partial charge in [-0.3, -0.25) is 24.4 Å². The number of nitrogen functional groups attached to an aromatic ring is 2. The number of nitrogens with zero attached hydrogens (tertiary/aromatic N) is 7. The first-order chi connectivity index (χ1) is 18.8. The molecule has 0 saturated carbocycles. The molecule has 0 bridgehead atoms. The average molecular weight is 534 g/mol. The van der Waals surface area contributed by atoms with Crippen molar-refractivity contribution in [3.8, 4) is 0 Å². The Kier molecular flexibility index (Phi) is 6.94. The number of hydrogen-bond donors (Lipinski definition) is 5. The number of hydrogen-bond acceptors (Lipinski definition) is 10. The van der Waals surface area contributed by atoms with Crippen LogP contribution in [0.5, 0.6) is 0 Å². The number of H-pyrrole nitrogens is 2. The summed E-state index contributed by atoms with van der Waals surface area (Å²) in [6, 6.07) is 7.88. The number of carboxylic acids is 1. The van der Waals surface area contributed by atoms with Gasteiger partial charge in [-0.2, -0.15) is 9.97 Å². The highest BCUT2D eigenvalue weighted by molar-refractivity contribution is 5.71. The summed E-state index contributed by atoms with van der Waals surface area (Å²) in [5.74, 6) is -0.812. The molecule has 0 aliphatic heterocycles. The van der Waals surface area contributed by atoms with Gasteiger partial charge >= 0.3 is 5.97 Å². The Hall–Kier alpha value is -5.21. The molecule has 0 aliphatic rings. The average Bonchev–Trinajstić information content (AvgIpc) is 3.48. The maximum Gasteiger partial charge on any atom is 0.303 e. The van der Waals surface area contributed by atoms with Crippen molar-refractivity contribution in [3.63, 3.8) is 0 Å². The molecule has 39 heavy (non-hydrogen) atoms. The molecule has 4 heterocycles. The zero-order valence-electron chi connectivity index (χ0n) is 20.9. The number of carboxylic acid groups (broad SMARTS) is 1. The lowest BCUT2D eigenvalue weighted by atomic mass is 10.1. The van der Waals surface area contributed by atoms with E-state index in [4.69, 9.17) is 16.6 Å². The van der Waals surface area contributed by atoms with E-state index in [1.54, 1.807) is 21.8 Å². The minimum absolute atomic E-state index is 0.00149. The summed E-state index contributed by atoms with van der Waals surface area (Å²) < 4.78 is 3.44. The van der Waals surface area contributed by atoms with Crippen LogP contribution in [-0.2, 0) is 24.3 Å². The van der Waals surface area contributed by atoms with Crippen LogP contribution in [0.15, 0.2) is 46.5 Å². The van der Waals surface area contributed by atoms with Gasteiger partial charge in [0.2, 0.25) is 11.9 Å². The third-order valence-corrected chi connectivity index (χ3v) is 6.38. The molecule has 0 unspecified atom stereocenters. The van der Waals surface area contributed by atoms with E-state index in [0.717, 1.165) is 11.3 Å². The number of aromatic amines is 2. The Bertz CT molecular complexity index is 1650. The highest BCUT2D eigenvalue weighted by atomic mass is 16.4. The fraction of sp³-hybridized carbons (Fsp3) is 0.292. The predicted octanol–water partition coefficient (Wildman–Crippen LogP) is 0.331. The Morgan fingerprint density at radius 1 is 0.872 bits per heavy atom. The van der Waals surface area contributed by atoms with Crippen molar-refractivity contribution in [2.24, 2.45) is 0 Å². The molecular weight excluding hydrogens is 506 g/mol. The molecular formula is C24H27N11O4. The van der Waals surface area contributed by atoms with Gasteiger partial charge in [0.25, 0.3) is 11.1 Å². The largest absolute Gasteiger partial charge is 0.481 e. The highest BCUT2D eigenvalue weighted by Crippen LogP contribution is 2.18. The van der Waals surface area contributed by atoms with Gasteiger partial charge in [-0.05, 0) is 30.5 Å². The molecule has 15 nitrogen and oxygen atoms in total. The van der Waals surface area contributed by atoms with Gasteiger partial charge in [0.05, 0.1) is 12.7 Å². The third kappa shape index (κ3) is 5.56. The number of nitrogens with one attached hydrogen (secondary N) is 2. The fourth-order valence-corrected chi connectivity index (χ4v) is 4.49. The molecule has 0 spiro atoms. The SMILES string of the molecule is Nc1nc2ncn(CCN(CCn3cnc4nc(N)[nH]c(=O)c43)c3ccc(CCCC(=O)O)cc3)c2c(=O)[nH]1. The smallest absolute Gasteiger partial charge is 0.303 e. The zero-order valence-corrected chi connectivity index (χ0v) is 20.9. The van der Waals surface area contributed by atoms with Crippen LogP contribution < -0.4 is 27.5 Å². The Labute approximate surface area is 220 Å². The first kappa shape index (κ1) is 25.4. The lowest BCUT2D eigenvalue weighted by molar-refractivity contribution is -0.137. The van der Waals surface area contributed by atoms with Gasteiger partial charge < -0.3 is 30.6 Å². The van der Waals surface area contributed by atoms with E-state index in [1.165, 1.54) is 0 Å². The molecule has 1 aromatic carbocycles. The van der Waals surface area contributed by atoms with Crippen molar-refractivity contribution in [2.45, 2.75) is 32.4 Å². The van der Waals surface area contributed by atoms with E-state index in [-0.39, 0.29) is 40.7 Å². The minimum Gasteiger partial charge on any atom is -0.481 e. The second kappa shape index (κ2) is 10.6. The number of benzene rings is 1. The van der Waals surface area contributed by atoms with Gasteiger partial charge in [-0.15, -0.1) is 0 Å². The maximum absolute atomic E-state index is 12.5. The van der Waals surface area contributed by atoms with Crippen molar-refractivity contribution < 1.29 is 9.90 Å². The van der Waals surface area contributed by atoms with E-state index in [9.17, 15) is 14.4 Å². The molecule has 0 aliphatic carbocycles. The highest BCUT2D eigenvalue weighted by Gasteiger charge is 2.15. The number of fused-ring (bicyclic) bond motifs is 2. The van der Waals surface area contributed by atoms with E-state index >= 15 is 0 Å². The van der Waals surface area contributed by atoms with E-state index in [1.807, 2.05) is 24.3 Å². The summed E-state index contributed by atoms with van der Waals surface area (Å²) in [6.45, 7) is 1.85. The molecule has 202 valence electrons. The van der Waals surface area contributed by atoms with Crippen molar-refractivity contribution in [1.29, 1.82) is 0 Å². The molecule has 0 amide bonds. The minimum atomic E-state index is -0.815. The summed E-state index contributed by atoms with van der Waals surface area (Å²) in [6.07, 6.45) is 4.43. The molecule has 15 heteroatoms. The third-order valence-electron chi connectivity index (χ3n) is 6.38. The number of aryl methyl sites for hydroxylation is 1. The predicted molar refractivity (Wildman–Crippen MR) is 144 cm³/mol. The summed E-state index contributed by atoms with van der Waals surface area (Å²) >= 11 is 0. The van der Waals surface area contributed by atoms with Crippen molar-refractivity contribution in [2.75, 3.05) is 29.5 Å². The van der Waals surface area contributed by atoms with Gasteiger partial charge in [0.1, 0.15) is 0 Å². The summed E-state index contributed by atoms with van der Waals surface area (Å²) in [5.41, 5.74) is 13.7. The molecule has 7 N–H and O–H groups in total. The number of aliphatic carboxylic acids is 1. The first-order valence-electron chi connectivity index (χ1n) is 12.3. The topological polar surface area (TPSA) is 220 Å². The van der Waals surface area contributed by atoms with Crippen LogP contribution in [0.1, 0.15) is 18.4 Å². The fourth-order valence-electron chi connectivity index (χ4n) is 4.49. The standard InChI is InChI=1S/C24H27N11O4/c25-23-29-19-17(21(38)31-23)34(12-27-19)10-8-33(15-6-4-14(5-7-15)2-1-3-16(36)37)9-11-35-13-28-20-18(35)22(39)32-24(26)30-20/h4-7,12-13H,1-3,8-11H2,(H,36,37)(H3,25,29,31,38)(H3,26,30,32,39). The Morgan fingerprint density at radius 3 is 1.87 bits per heavy atom. The first-order valence-corrected chi connectivity index (χ1v) is 12.3. The quantitative estimate of drug-likeness (QED) is 0.156. The molecule has 5 aromatic rings. The van der Waals surface area contributed by atoms with Crippen LogP contribution in [-0.4, -0.2) is 63.2 Å². The zero-order chi connectivity index (χ0) is 27.5. The summed E-state index contributed by atoms with van der Waals surface area (Å²) in [7, 11) is 0. The molecule has 0 radical (unpaired) electrons. The second-order valence-corrected chi connectivity index (χ2v) is 9.02. The van der Waals surface area contributed by atoms with Gasteiger partial charge in [0.15, 0.2) is 22.3 Å². The Morgan fingerprint density at radius 2 is 1.38 bits per heavy atom. The van der Waals surface area contributed by atoms with Crippen molar-refractivity contribution in [1.82, 2.24) is 39.0 Å². The second-order valence-electron chi connectivity index (χ2n) is 9.02. The van der Waals surface area contributed by atoms with Crippen LogP contribution >= 0.6 is 0 Å². The molecule has 5 rings (SSSR count). The van der Waals surface area contributed by atoms with Gasteiger partial charge in [-0.25, -0.2) is 9.97 Å². The molecule has 0 fully saturated rings. The molecule has 0 saturated heterocycles. The summed E-state index contributed by atoms with van der Waals surface area (Å²) in [5, 5.41) is 8.89. The van der Waals surface area contributed by atoms with Crippen molar-refractivity contribution in [3.05, 3.63) is 63.2 Å². The summed E-state index contributed by atoms with van der Waals surface area (Å²) in [4.78, 5) is 59.5. The lowest BCUT2D eigenvalue weighted by Crippen LogP contribution is -2.31. The monoisotopic (exact) mass is 533 g/mol. The number of rotatable bonds is 11. The van der Waals surface area contributed by atoms with Gasteiger partial charge in [-0.1, -0.05) is 12.1 Å². The Balaban J connectivity index is 1.38. The van der Waals surface area contributed by atoms with Crippen LogP contribution in [0.4, 0.5) is 17.6 Å². The van der Waals surface area contributed by atoms with Crippen LogP contribution in [0.25, 0.3) is 22.3 Å². The van der Waals surface area contributed by atoms with Crippen molar-refractivity contribution >= 4 is 45.9 Å². The number of carbonyl (C=O) groups is 1. The number of aromatic nitrogens is 8. The van der Waals surface area contributed by atoms with Crippen LogP contribution in [0, 0.1) is 0 Å². The lowest BCUT2D eigenvalue weighted by Gasteiger charge is -2.26. The number of imidazole rings is 2. The molecule has 0 atom stereocenters. The number of nitrogens with two attached hydrogens (primary N) is 2. The van der Waals surface area contributed by atoms with E-state index < -0.39 is 5.97 Å². The number of anilines is 3. The van der Waals surface area contributed by atoms with Crippen LogP contribution in [0.3, 0.4) is 0 Å². The van der Waals surface area contributed by atoms with Crippen LogP contribution in [0.2, 0.25) is 0 Å². The van der Waals surface area contributed by atoms with E-state index in [2.05, 4.69) is 34.8 Å². The molecule has 4 aromatic heterocycles. The normalized spacial score (nSPS) is 11.4.